The van der Waals surface area contributed by atoms with E-state index >= 15 is 26.3 Å². The number of fused-ring (bicyclic) bond motifs is 1. The standard InChI is InChI=1S/C47H30F6O/c48-46(49,50)45(47(51,52)53,41-26-14-25-40-42(33-19-9-3-10-20-33)43(54-44(40)41)34-21-11-4-12-22-34)39-29-37(32-17-7-2-8-18-32)28-38(30-39)36-24-13-23-35(27-36)31-15-5-1-6-16-31/h1-30H. The van der Waals surface area contributed by atoms with E-state index in [2.05, 4.69) is 0 Å². The summed E-state index contributed by atoms with van der Waals surface area (Å²) in [5.74, 6) is 0.166. The molecule has 0 aliphatic rings. The van der Waals surface area contributed by atoms with Crippen molar-refractivity contribution in [2.24, 2.45) is 0 Å². The van der Waals surface area contributed by atoms with E-state index in [9.17, 15) is 0 Å². The van der Waals surface area contributed by atoms with Crippen molar-refractivity contribution in [1.82, 2.24) is 0 Å². The largest absolute Gasteiger partial charge is 0.455 e. The van der Waals surface area contributed by atoms with E-state index in [1.807, 2.05) is 36.4 Å². The van der Waals surface area contributed by atoms with Crippen molar-refractivity contribution in [3.8, 4) is 55.8 Å². The van der Waals surface area contributed by atoms with E-state index in [1.165, 1.54) is 12.1 Å². The summed E-state index contributed by atoms with van der Waals surface area (Å²) < 4.78 is 103. The van der Waals surface area contributed by atoms with Crippen molar-refractivity contribution in [3.63, 3.8) is 0 Å². The minimum absolute atomic E-state index is 0.130. The van der Waals surface area contributed by atoms with Crippen LogP contribution in [0.15, 0.2) is 186 Å². The Kier molecular flexibility index (Phi) is 8.73. The van der Waals surface area contributed by atoms with Crippen molar-refractivity contribution in [2.75, 3.05) is 0 Å². The van der Waals surface area contributed by atoms with Crippen LogP contribution in [0.5, 0.6) is 0 Å². The Bertz CT molecular complexity index is 2540. The van der Waals surface area contributed by atoms with Gasteiger partial charge in [-0.2, -0.15) is 26.3 Å². The molecule has 0 atom stereocenters. The van der Waals surface area contributed by atoms with E-state index in [-0.39, 0.29) is 22.3 Å². The van der Waals surface area contributed by atoms with Gasteiger partial charge in [0.1, 0.15) is 11.3 Å². The summed E-state index contributed by atoms with van der Waals surface area (Å²) in [5, 5.41) is 0.130. The number of halogens is 6. The van der Waals surface area contributed by atoms with Crippen LogP contribution < -0.4 is 0 Å². The van der Waals surface area contributed by atoms with Crippen LogP contribution >= 0.6 is 0 Å². The highest BCUT2D eigenvalue weighted by Gasteiger charge is 2.73. The second kappa shape index (κ2) is 13.6. The Morgan fingerprint density at radius 1 is 0.352 bits per heavy atom. The van der Waals surface area contributed by atoms with Crippen molar-refractivity contribution >= 4 is 11.0 Å². The summed E-state index contributed by atoms with van der Waals surface area (Å²) in [4.78, 5) is 0. The lowest BCUT2D eigenvalue weighted by molar-refractivity contribution is -0.288. The molecule has 0 amide bonds. The normalized spacial score (nSPS) is 12.3. The second-order valence-electron chi connectivity index (χ2n) is 13.1. The molecule has 266 valence electrons. The Hall–Kier alpha value is -6.34. The quantitative estimate of drug-likeness (QED) is 0.149. The molecular formula is C47H30F6O. The maximum absolute atomic E-state index is 16.1. The molecule has 7 heteroatoms. The van der Waals surface area contributed by atoms with Gasteiger partial charge < -0.3 is 4.42 Å². The van der Waals surface area contributed by atoms with Gasteiger partial charge in [-0.3, -0.25) is 0 Å². The predicted molar refractivity (Wildman–Crippen MR) is 203 cm³/mol. The molecule has 0 bridgehead atoms. The topological polar surface area (TPSA) is 13.1 Å². The van der Waals surface area contributed by atoms with E-state index in [0.29, 0.717) is 27.8 Å². The average molecular weight is 725 g/mol. The first-order chi connectivity index (χ1) is 26.1. The molecule has 0 unspecified atom stereocenters. The van der Waals surface area contributed by atoms with Crippen LogP contribution in [0.4, 0.5) is 26.3 Å². The Balaban J connectivity index is 1.46. The van der Waals surface area contributed by atoms with Gasteiger partial charge >= 0.3 is 12.4 Å². The number of furan rings is 1. The zero-order valence-electron chi connectivity index (χ0n) is 28.5. The van der Waals surface area contributed by atoms with Gasteiger partial charge in [-0.05, 0) is 68.8 Å². The summed E-state index contributed by atoms with van der Waals surface area (Å²) in [6.07, 6.45) is -11.7. The van der Waals surface area contributed by atoms with Crippen LogP contribution in [0.25, 0.3) is 66.8 Å². The summed E-state index contributed by atoms with van der Waals surface area (Å²) in [7, 11) is 0. The Morgan fingerprint density at radius 3 is 1.30 bits per heavy atom. The van der Waals surface area contributed by atoms with Crippen LogP contribution in [-0.2, 0) is 5.41 Å². The number of rotatable bonds is 7. The highest BCUT2D eigenvalue weighted by atomic mass is 19.4. The SMILES string of the molecule is FC(F)(F)C(c1cc(-c2ccccc2)cc(-c2cccc(-c3ccccc3)c2)c1)(c1cccc2c(-c3ccccc3)c(-c3ccccc3)oc12)C(F)(F)F. The first kappa shape index (κ1) is 34.7. The molecule has 1 nitrogen and oxygen atoms in total. The molecule has 0 N–H and O–H groups in total. The zero-order chi connectivity index (χ0) is 37.5. The lowest BCUT2D eigenvalue weighted by atomic mass is 9.71. The maximum atomic E-state index is 16.1. The maximum Gasteiger partial charge on any atom is 0.411 e. The molecule has 0 aliphatic heterocycles. The van der Waals surface area contributed by atoms with Crippen LogP contribution in [0.3, 0.4) is 0 Å². The minimum Gasteiger partial charge on any atom is -0.455 e. The molecule has 1 aromatic heterocycles. The lowest BCUT2D eigenvalue weighted by Crippen LogP contribution is -2.54. The molecule has 0 radical (unpaired) electrons. The highest BCUT2D eigenvalue weighted by Crippen LogP contribution is 2.59. The van der Waals surface area contributed by atoms with E-state index < -0.39 is 34.5 Å². The van der Waals surface area contributed by atoms with Gasteiger partial charge in [0.05, 0.1) is 0 Å². The van der Waals surface area contributed by atoms with Crippen LogP contribution in [0.1, 0.15) is 11.1 Å². The van der Waals surface area contributed by atoms with Crippen molar-refractivity contribution in [2.45, 2.75) is 17.8 Å². The van der Waals surface area contributed by atoms with Crippen molar-refractivity contribution in [3.05, 3.63) is 193 Å². The minimum atomic E-state index is -5.87. The number of para-hydroxylation sites is 1. The lowest BCUT2D eigenvalue weighted by Gasteiger charge is -2.38. The molecule has 1 heterocycles. The number of hydrogen-bond donors (Lipinski definition) is 0. The van der Waals surface area contributed by atoms with Crippen molar-refractivity contribution in [1.29, 1.82) is 0 Å². The van der Waals surface area contributed by atoms with Crippen molar-refractivity contribution < 1.29 is 30.8 Å². The molecule has 0 aliphatic carbocycles. The Labute approximate surface area is 307 Å². The first-order valence-electron chi connectivity index (χ1n) is 17.2. The second-order valence-corrected chi connectivity index (χ2v) is 13.1. The fraction of sp³-hybridized carbons (Fsp3) is 0.0638. The predicted octanol–water partition coefficient (Wildman–Crippen LogP) is 14.2. The van der Waals surface area contributed by atoms with Crippen LogP contribution in [-0.4, -0.2) is 12.4 Å². The fourth-order valence-electron chi connectivity index (χ4n) is 7.36. The number of benzene rings is 7. The third kappa shape index (κ3) is 5.96. The summed E-state index contributed by atoms with van der Waals surface area (Å²) >= 11 is 0. The molecular weight excluding hydrogens is 695 g/mol. The van der Waals surface area contributed by atoms with Gasteiger partial charge in [-0.15, -0.1) is 0 Å². The molecule has 8 rings (SSSR count). The van der Waals surface area contributed by atoms with Gasteiger partial charge in [-0.1, -0.05) is 158 Å². The fourth-order valence-corrected chi connectivity index (χ4v) is 7.36. The zero-order valence-corrected chi connectivity index (χ0v) is 28.5. The van der Waals surface area contributed by atoms with E-state index in [1.54, 1.807) is 115 Å². The van der Waals surface area contributed by atoms with Crippen LogP contribution in [0, 0.1) is 0 Å². The third-order valence-electron chi connectivity index (χ3n) is 9.84. The molecule has 54 heavy (non-hydrogen) atoms. The van der Waals surface area contributed by atoms with Gasteiger partial charge in [0.25, 0.3) is 0 Å². The summed E-state index contributed by atoms with van der Waals surface area (Å²) in [5.41, 5.74) is -2.59. The molecule has 8 aromatic rings. The van der Waals surface area contributed by atoms with Gasteiger partial charge in [0.2, 0.25) is 5.41 Å². The average Bonchev–Trinajstić information content (AvgIpc) is 3.59. The molecule has 0 saturated carbocycles. The highest BCUT2D eigenvalue weighted by molar-refractivity contribution is 6.03. The molecule has 0 fully saturated rings. The summed E-state index contributed by atoms with van der Waals surface area (Å²) in [6, 6.07) is 49.6. The number of alkyl halides is 6. The van der Waals surface area contributed by atoms with Gasteiger partial charge in [0.15, 0.2) is 0 Å². The Morgan fingerprint density at radius 2 is 0.759 bits per heavy atom. The number of hydrogen-bond acceptors (Lipinski definition) is 1. The van der Waals surface area contributed by atoms with E-state index in [0.717, 1.165) is 29.3 Å². The monoisotopic (exact) mass is 724 g/mol. The molecule has 0 saturated heterocycles. The first-order valence-corrected chi connectivity index (χ1v) is 17.2. The third-order valence-corrected chi connectivity index (χ3v) is 9.84. The van der Waals surface area contributed by atoms with Crippen LogP contribution in [0.2, 0.25) is 0 Å². The van der Waals surface area contributed by atoms with Gasteiger partial charge in [-0.25, -0.2) is 0 Å². The summed E-state index contributed by atoms with van der Waals surface area (Å²) in [6.45, 7) is 0. The van der Waals surface area contributed by atoms with Gasteiger partial charge in [0, 0.05) is 22.1 Å². The smallest absolute Gasteiger partial charge is 0.411 e. The van der Waals surface area contributed by atoms with E-state index in [4.69, 9.17) is 4.42 Å². The molecule has 0 spiro atoms. The molecule has 7 aromatic carbocycles.